The first kappa shape index (κ1) is 13.8. The van der Waals surface area contributed by atoms with Crippen molar-refractivity contribution in [3.05, 3.63) is 23.3 Å². The maximum atomic E-state index is 5.81. The quantitative estimate of drug-likeness (QED) is 0.583. The molecule has 0 aliphatic carbocycles. The van der Waals surface area contributed by atoms with Crippen LogP contribution in [0.15, 0.2) is 12.1 Å². The summed E-state index contributed by atoms with van der Waals surface area (Å²) in [5.41, 5.74) is 8.68. The second-order valence-electron chi connectivity index (χ2n) is 3.93. The van der Waals surface area contributed by atoms with Gasteiger partial charge in [0.25, 0.3) is 0 Å². The molecule has 1 aromatic carbocycles. The van der Waals surface area contributed by atoms with Crippen LogP contribution in [0.1, 0.15) is 11.1 Å². The van der Waals surface area contributed by atoms with Crippen LogP contribution in [-0.4, -0.2) is 33.5 Å². The Labute approximate surface area is 103 Å². The van der Waals surface area contributed by atoms with E-state index in [2.05, 4.69) is 0 Å². The van der Waals surface area contributed by atoms with E-state index < -0.39 is 0 Å². The highest BCUT2D eigenvalue weighted by molar-refractivity contribution is 5.53. The highest BCUT2D eigenvalue weighted by Gasteiger charge is 2.03. The van der Waals surface area contributed by atoms with Crippen LogP contribution in [0.3, 0.4) is 0 Å². The number of nitrogens with two attached hydrogens (primary N) is 1. The van der Waals surface area contributed by atoms with E-state index in [1.54, 1.807) is 7.11 Å². The van der Waals surface area contributed by atoms with Crippen LogP contribution in [0.5, 0.6) is 5.75 Å². The second kappa shape index (κ2) is 7.14. The molecule has 0 aromatic heterocycles. The molecule has 0 atom stereocenters. The molecular weight excluding hydrogens is 218 g/mol. The summed E-state index contributed by atoms with van der Waals surface area (Å²) >= 11 is 0. The third-order valence-corrected chi connectivity index (χ3v) is 2.48. The van der Waals surface area contributed by atoms with Crippen LogP contribution in [0.4, 0.5) is 5.69 Å². The Morgan fingerprint density at radius 3 is 2.41 bits per heavy atom. The smallest absolute Gasteiger partial charge is 0.122 e. The normalized spacial score (nSPS) is 10.5. The molecule has 2 N–H and O–H groups in total. The van der Waals surface area contributed by atoms with Crippen LogP contribution in [0.25, 0.3) is 0 Å². The number of rotatable bonds is 7. The summed E-state index contributed by atoms with van der Waals surface area (Å²) in [7, 11) is 1.65. The summed E-state index contributed by atoms with van der Waals surface area (Å²) in [4.78, 5) is 0. The minimum atomic E-state index is 0.536. The van der Waals surface area contributed by atoms with Gasteiger partial charge in [0.1, 0.15) is 12.4 Å². The van der Waals surface area contributed by atoms with Crippen LogP contribution < -0.4 is 10.5 Å². The molecule has 0 aliphatic rings. The summed E-state index contributed by atoms with van der Waals surface area (Å²) in [5, 5.41) is 0. The van der Waals surface area contributed by atoms with Crippen LogP contribution in [0, 0.1) is 13.8 Å². The summed E-state index contributed by atoms with van der Waals surface area (Å²) in [6.07, 6.45) is 0. The molecule has 0 radical (unpaired) electrons. The number of ether oxygens (including phenoxy) is 3. The van der Waals surface area contributed by atoms with Gasteiger partial charge < -0.3 is 19.9 Å². The van der Waals surface area contributed by atoms with Crippen LogP contribution in [0.2, 0.25) is 0 Å². The number of hydrogen-bond acceptors (Lipinski definition) is 4. The van der Waals surface area contributed by atoms with Crippen molar-refractivity contribution in [1.29, 1.82) is 0 Å². The number of benzene rings is 1. The van der Waals surface area contributed by atoms with Crippen LogP contribution in [-0.2, 0) is 9.47 Å². The molecule has 0 bridgehead atoms. The first-order chi connectivity index (χ1) is 8.15. The second-order valence-corrected chi connectivity index (χ2v) is 3.93. The first-order valence-electron chi connectivity index (χ1n) is 5.71. The number of methoxy groups -OCH3 is 1. The number of nitrogen functional groups attached to an aromatic ring is 1. The molecule has 4 heteroatoms. The van der Waals surface area contributed by atoms with Crippen molar-refractivity contribution in [2.24, 2.45) is 0 Å². The molecule has 17 heavy (non-hydrogen) atoms. The van der Waals surface area contributed by atoms with Gasteiger partial charge in [-0.3, -0.25) is 0 Å². The Bertz CT molecular complexity index is 353. The molecular formula is C13H21NO3. The molecule has 0 saturated heterocycles. The summed E-state index contributed by atoms with van der Waals surface area (Å²) in [6.45, 7) is 6.26. The van der Waals surface area contributed by atoms with Crippen molar-refractivity contribution >= 4 is 5.69 Å². The standard InChI is InChI=1S/C13H21NO3/c1-10-9-13(11(2)8-12(10)14)17-7-6-16-5-4-15-3/h8-9H,4-7,14H2,1-3H3. The lowest BCUT2D eigenvalue weighted by molar-refractivity contribution is 0.0543. The topological polar surface area (TPSA) is 53.7 Å². The third kappa shape index (κ3) is 4.63. The fraction of sp³-hybridized carbons (Fsp3) is 0.538. The number of hydrogen-bond donors (Lipinski definition) is 1. The molecule has 0 fully saturated rings. The van der Waals surface area contributed by atoms with Crippen LogP contribution >= 0.6 is 0 Å². The van der Waals surface area contributed by atoms with E-state index in [0.717, 1.165) is 22.6 Å². The summed E-state index contributed by atoms with van der Waals surface area (Å²) in [5.74, 6) is 0.868. The van der Waals surface area contributed by atoms with Gasteiger partial charge in [-0.1, -0.05) is 0 Å². The lowest BCUT2D eigenvalue weighted by atomic mass is 10.1. The van der Waals surface area contributed by atoms with Crippen molar-refractivity contribution < 1.29 is 14.2 Å². The predicted molar refractivity (Wildman–Crippen MR) is 68.5 cm³/mol. The Morgan fingerprint density at radius 1 is 1.00 bits per heavy atom. The SMILES string of the molecule is COCCOCCOc1cc(C)c(N)cc1C. The van der Waals surface area contributed by atoms with Gasteiger partial charge in [-0.2, -0.15) is 0 Å². The molecule has 0 aliphatic heterocycles. The van der Waals surface area contributed by atoms with E-state index >= 15 is 0 Å². The third-order valence-electron chi connectivity index (χ3n) is 2.48. The van der Waals surface area contributed by atoms with Crippen molar-refractivity contribution in [3.8, 4) is 5.75 Å². The summed E-state index contributed by atoms with van der Waals surface area (Å²) < 4.78 is 15.8. The maximum Gasteiger partial charge on any atom is 0.122 e. The fourth-order valence-corrected chi connectivity index (χ4v) is 1.42. The molecule has 0 heterocycles. The molecule has 1 rings (SSSR count). The molecule has 4 nitrogen and oxygen atoms in total. The van der Waals surface area contributed by atoms with Crippen molar-refractivity contribution in [1.82, 2.24) is 0 Å². The van der Waals surface area contributed by atoms with Gasteiger partial charge in [-0.15, -0.1) is 0 Å². The number of aryl methyl sites for hydroxylation is 2. The van der Waals surface area contributed by atoms with Crippen molar-refractivity contribution in [2.45, 2.75) is 13.8 Å². The highest BCUT2D eigenvalue weighted by Crippen LogP contribution is 2.23. The zero-order chi connectivity index (χ0) is 12.7. The lowest BCUT2D eigenvalue weighted by Gasteiger charge is -2.11. The first-order valence-corrected chi connectivity index (χ1v) is 5.71. The van der Waals surface area contributed by atoms with E-state index in [0.29, 0.717) is 26.4 Å². The average molecular weight is 239 g/mol. The lowest BCUT2D eigenvalue weighted by Crippen LogP contribution is -2.10. The minimum absolute atomic E-state index is 0.536. The van der Waals surface area contributed by atoms with Crippen molar-refractivity contribution in [2.75, 3.05) is 39.3 Å². The zero-order valence-corrected chi connectivity index (χ0v) is 10.8. The molecule has 0 saturated carbocycles. The Morgan fingerprint density at radius 2 is 1.71 bits per heavy atom. The molecule has 0 amide bonds. The maximum absolute atomic E-state index is 5.81. The van der Waals surface area contributed by atoms with Gasteiger partial charge in [0.15, 0.2) is 0 Å². The zero-order valence-electron chi connectivity index (χ0n) is 10.8. The Hall–Kier alpha value is -1.26. The fourth-order valence-electron chi connectivity index (χ4n) is 1.42. The van der Waals surface area contributed by atoms with Crippen molar-refractivity contribution in [3.63, 3.8) is 0 Å². The van der Waals surface area contributed by atoms with Gasteiger partial charge in [0, 0.05) is 12.8 Å². The van der Waals surface area contributed by atoms with Gasteiger partial charge in [0.05, 0.1) is 19.8 Å². The van der Waals surface area contributed by atoms with E-state index in [-0.39, 0.29) is 0 Å². The summed E-state index contributed by atoms with van der Waals surface area (Å²) in [6, 6.07) is 3.89. The Kier molecular flexibility index (Phi) is 5.80. The van der Waals surface area contributed by atoms with Gasteiger partial charge in [-0.05, 0) is 37.1 Å². The molecule has 0 spiro atoms. The van der Waals surface area contributed by atoms with Gasteiger partial charge >= 0.3 is 0 Å². The van der Waals surface area contributed by atoms with E-state index in [4.69, 9.17) is 19.9 Å². The minimum Gasteiger partial charge on any atom is -0.491 e. The Balaban J connectivity index is 2.34. The van der Waals surface area contributed by atoms with Gasteiger partial charge in [0.2, 0.25) is 0 Å². The monoisotopic (exact) mass is 239 g/mol. The molecule has 0 unspecified atom stereocenters. The number of anilines is 1. The molecule has 96 valence electrons. The highest BCUT2D eigenvalue weighted by atomic mass is 16.5. The van der Waals surface area contributed by atoms with E-state index in [9.17, 15) is 0 Å². The van der Waals surface area contributed by atoms with Gasteiger partial charge in [-0.25, -0.2) is 0 Å². The van der Waals surface area contributed by atoms with E-state index in [1.165, 1.54) is 0 Å². The largest absolute Gasteiger partial charge is 0.491 e. The van der Waals surface area contributed by atoms with E-state index in [1.807, 2.05) is 26.0 Å². The molecule has 1 aromatic rings. The average Bonchev–Trinajstić information content (AvgIpc) is 2.30. The predicted octanol–water partition coefficient (Wildman–Crippen LogP) is 1.93.